The zero-order valence-corrected chi connectivity index (χ0v) is 16.6. The van der Waals surface area contributed by atoms with Gasteiger partial charge in [0.2, 0.25) is 0 Å². The molecule has 0 radical (unpaired) electrons. The van der Waals surface area contributed by atoms with E-state index in [4.69, 9.17) is 15.8 Å². The van der Waals surface area contributed by atoms with E-state index in [1.165, 1.54) is 0 Å². The highest BCUT2D eigenvalue weighted by Gasteiger charge is 2.23. The average molecular weight is 399 g/mol. The van der Waals surface area contributed by atoms with Crippen LogP contribution in [0.15, 0.2) is 65.6 Å². The van der Waals surface area contributed by atoms with Crippen molar-refractivity contribution in [3.05, 3.63) is 65.7 Å². The standard InChI is InChI=1S/C22H19ClO3S/c1-14(2)13-26-27(24,25)22-20-12-19-10-16-6-4-3-5-15(16)9-18(19)11-17(20)7-8-21(22)23/h3-12,14H,13H2,1-2H3. The van der Waals surface area contributed by atoms with Gasteiger partial charge in [0.05, 0.1) is 11.6 Å². The van der Waals surface area contributed by atoms with Crippen molar-refractivity contribution < 1.29 is 12.6 Å². The monoisotopic (exact) mass is 398 g/mol. The second kappa shape index (κ2) is 6.79. The van der Waals surface area contributed by atoms with E-state index in [1.807, 2.05) is 50.2 Å². The molecule has 0 spiro atoms. The fraction of sp³-hybridized carbons (Fsp3) is 0.182. The van der Waals surface area contributed by atoms with E-state index in [2.05, 4.69) is 18.2 Å². The number of rotatable bonds is 4. The molecule has 3 nitrogen and oxygen atoms in total. The van der Waals surface area contributed by atoms with Crippen LogP contribution in [0.1, 0.15) is 13.8 Å². The summed E-state index contributed by atoms with van der Waals surface area (Å²) >= 11 is 6.29. The van der Waals surface area contributed by atoms with E-state index in [1.54, 1.807) is 6.07 Å². The lowest BCUT2D eigenvalue weighted by Gasteiger charge is -2.13. The van der Waals surface area contributed by atoms with Crippen molar-refractivity contribution in [3.63, 3.8) is 0 Å². The molecule has 0 unspecified atom stereocenters. The van der Waals surface area contributed by atoms with Gasteiger partial charge in [-0.3, -0.25) is 4.18 Å². The molecule has 0 fully saturated rings. The summed E-state index contributed by atoms with van der Waals surface area (Å²) in [6.07, 6.45) is 0. The lowest BCUT2D eigenvalue weighted by Crippen LogP contribution is -2.12. The molecule has 0 aliphatic carbocycles. The van der Waals surface area contributed by atoms with Crippen molar-refractivity contribution in [1.29, 1.82) is 0 Å². The molecule has 0 heterocycles. The summed E-state index contributed by atoms with van der Waals surface area (Å²) in [5.41, 5.74) is 0. The van der Waals surface area contributed by atoms with E-state index in [9.17, 15) is 8.42 Å². The Balaban J connectivity index is 1.99. The van der Waals surface area contributed by atoms with Crippen LogP contribution in [0, 0.1) is 5.92 Å². The van der Waals surface area contributed by atoms with E-state index < -0.39 is 10.1 Å². The average Bonchev–Trinajstić information content (AvgIpc) is 2.63. The molecular weight excluding hydrogens is 380 g/mol. The van der Waals surface area contributed by atoms with Gasteiger partial charge in [0.15, 0.2) is 0 Å². The zero-order chi connectivity index (χ0) is 19.2. The molecule has 27 heavy (non-hydrogen) atoms. The first-order valence-electron chi connectivity index (χ1n) is 8.79. The molecule has 4 aromatic rings. The van der Waals surface area contributed by atoms with Gasteiger partial charge in [-0.05, 0) is 63.2 Å². The van der Waals surface area contributed by atoms with Crippen LogP contribution in [0.25, 0.3) is 32.3 Å². The van der Waals surface area contributed by atoms with E-state index in [0.29, 0.717) is 5.39 Å². The Morgan fingerprint density at radius 3 is 2.07 bits per heavy atom. The van der Waals surface area contributed by atoms with E-state index >= 15 is 0 Å². The van der Waals surface area contributed by atoms with Gasteiger partial charge in [0, 0.05) is 5.39 Å². The van der Waals surface area contributed by atoms with Crippen molar-refractivity contribution in [1.82, 2.24) is 0 Å². The Labute approximate surface area is 163 Å². The summed E-state index contributed by atoms with van der Waals surface area (Å²) < 4.78 is 30.9. The van der Waals surface area contributed by atoms with Crippen LogP contribution in [0.4, 0.5) is 0 Å². The molecule has 0 N–H and O–H groups in total. The van der Waals surface area contributed by atoms with Gasteiger partial charge in [-0.25, -0.2) is 0 Å². The van der Waals surface area contributed by atoms with Crippen LogP contribution < -0.4 is 0 Å². The van der Waals surface area contributed by atoms with Crippen molar-refractivity contribution in [2.24, 2.45) is 5.92 Å². The van der Waals surface area contributed by atoms with Crippen LogP contribution in [-0.4, -0.2) is 15.0 Å². The third kappa shape index (κ3) is 3.41. The molecule has 5 heteroatoms. The van der Waals surface area contributed by atoms with Gasteiger partial charge in [-0.1, -0.05) is 55.8 Å². The summed E-state index contributed by atoms with van der Waals surface area (Å²) in [5.74, 6) is 0.0979. The second-order valence-electron chi connectivity index (χ2n) is 7.13. The maximum Gasteiger partial charge on any atom is 0.299 e. The molecule has 0 aliphatic heterocycles. The Hall–Kier alpha value is -2.14. The highest BCUT2D eigenvalue weighted by molar-refractivity contribution is 7.87. The Kier molecular flexibility index (Phi) is 4.58. The van der Waals surface area contributed by atoms with Crippen LogP contribution in [0.2, 0.25) is 5.02 Å². The molecule has 0 aromatic heterocycles. The number of benzene rings is 4. The fourth-order valence-corrected chi connectivity index (χ4v) is 5.02. The topological polar surface area (TPSA) is 43.4 Å². The number of hydrogen-bond acceptors (Lipinski definition) is 3. The third-order valence-electron chi connectivity index (χ3n) is 4.55. The predicted octanol–water partition coefficient (Wildman–Crippen LogP) is 6.16. The van der Waals surface area contributed by atoms with Crippen molar-refractivity contribution in [2.45, 2.75) is 18.7 Å². The molecule has 0 bridgehead atoms. The first-order valence-corrected chi connectivity index (χ1v) is 10.6. The third-order valence-corrected chi connectivity index (χ3v) is 6.36. The molecule has 0 aliphatic rings. The van der Waals surface area contributed by atoms with Crippen molar-refractivity contribution in [2.75, 3.05) is 6.61 Å². The lowest BCUT2D eigenvalue weighted by molar-refractivity contribution is 0.275. The van der Waals surface area contributed by atoms with Gasteiger partial charge in [0.1, 0.15) is 4.90 Å². The summed E-state index contributed by atoms with van der Waals surface area (Å²) in [4.78, 5) is 0.0392. The maximum absolute atomic E-state index is 12.8. The molecule has 138 valence electrons. The summed E-state index contributed by atoms with van der Waals surface area (Å²) in [6, 6.07) is 19.6. The van der Waals surface area contributed by atoms with Crippen molar-refractivity contribution in [3.8, 4) is 0 Å². The van der Waals surface area contributed by atoms with E-state index in [-0.39, 0.29) is 22.4 Å². The number of hydrogen-bond donors (Lipinski definition) is 0. The van der Waals surface area contributed by atoms with Crippen LogP contribution in [-0.2, 0) is 14.3 Å². The number of fused-ring (bicyclic) bond motifs is 3. The van der Waals surface area contributed by atoms with Gasteiger partial charge in [-0.2, -0.15) is 8.42 Å². The van der Waals surface area contributed by atoms with Crippen LogP contribution in [0.5, 0.6) is 0 Å². The largest absolute Gasteiger partial charge is 0.299 e. The molecular formula is C22H19ClO3S. The van der Waals surface area contributed by atoms with E-state index in [0.717, 1.165) is 26.9 Å². The Morgan fingerprint density at radius 2 is 1.44 bits per heavy atom. The van der Waals surface area contributed by atoms with Gasteiger partial charge < -0.3 is 0 Å². The molecule has 4 rings (SSSR count). The molecule has 0 atom stereocenters. The highest BCUT2D eigenvalue weighted by Crippen LogP contribution is 2.35. The summed E-state index contributed by atoms with van der Waals surface area (Å²) in [5, 5.41) is 5.83. The van der Waals surface area contributed by atoms with Crippen LogP contribution >= 0.6 is 11.6 Å². The SMILES string of the molecule is CC(C)COS(=O)(=O)c1c(Cl)ccc2cc3cc4ccccc4cc3cc12. The van der Waals surface area contributed by atoms with Crippen LogP contribution in [0.3, 0.4) is 0 Å². The van der Waals surface area contributed by atoms with Gasteiger partial charge >= 0.3 is 0 Å². The molecule has 0 amide bonds. The normalized spacial score (nSPS) is 12.4. The maximum atomic E-state index is 12.8. The van der Waals surface area contributed by atoms with Gasteiger partial charge in [-0.15, -0.1) is 0 Å². The first-order chi connectivity index (χ1) is 12.8. The molecule has 0 saturated heterocycles. The Bertz CT molecular complexity index is 1280. The van der Waals surface area contributed by atoms with Crippen molar-refractivity contribution >= 4 is 54.0 Å². The first kappa shape index (κ1) is 18.2. The summed E-state index contributed by atoms with van der Waals surface area (Å²) in [6.45, 7) is 3.92. The fourth-order valence-electron chi connectivity index (χ4n) is 3.25. The minimum atomic E-state index is -3.96. The highest BCUT2D eigenvalue weighted by atomic mass is 35.5. The second-order valence-corrected chi connectivity index (χ2v) is 9.09. The smallest absolute Gasteiger partial charge is 0.266 e. The zero-order valence-electron chi connectivity index (χ0n) is 15.1. The number of halogens is 1. The van der Waals surface area contributed by atoms with Gasteiger partial charge in [0.25, 0.3) is 10.1 Å². The molecule has 4 aromatic carbocycles. The molecule has 0 saturated carbocycles. The lowest BCUT2D eigenvalue weighted by atomic mass is 10.00. The minimum absolute atomic E-state index is 0.0392. The summed E-state index contributed by atoms with van der Waals surface area (Å²) in [7, 11) is -3.96. The Morgan fingerprint density at radius 1 is 0.852 bits per heavy atom. The predicted molar refractivity (Wildman–Crippen MR) is 112 cm³/mol. The quantitative estimate of drug-likeness (QED) is 0.305. The minimum Gasteiger partial charge on any atom is -0.266 e.